The third kappa shape index (κ3) is 2.82. The summed E-state index contributed by atoms with van der Waals surface area (Å²) in [6.07, 6.45) is 0.210. The monoisotopic (exact) mass is 193 g/mol. The van der Waals surface area contributed by atoms with Crippen LogP contribution in [-0.2, 0) is 0 Å². The number of rotatable bonds is 4. The lowest BCUT2D eigenvalue weighted by molar-refractivity contribution is 0.170. The Kier molecular flexibility index (Phi) is 4.11. The normalized spacial score (nSPS) is 13.2. The first kappa shape index (κ1) is 11.2. The molecule has 1 rings (SSSR count). The van der Waals surface area contributed by atoms with Gasteiger partial charge in [0, 0.05) is 0 Å². The zero-order valence-electron chi connectivity index (χ0n) is 8.90. The van der Waals surface area contributed by atoms with Gasteiger partial charge in [-0.1, -0.05) is 38.1 Å². The minimum atomic E-state index is -0.416. The molecular formula is C12H19NO. The lowest BCUT2D eigenvalue weighted by Gasteiger charge is -2.11. The van der Waals surface area contributed by atoms with Crippen molar-refractivity contribution in [2.45, 2.75) is 32.3 Å². The van der Waals surface area contributed by atoms with Gasteiger partial charge in [0.25, 0.3) is 0 Å². The molecule has 0 amide bonds. The predicted molar refractivity (Wildman–Crippen MR) is 59.2 cm³/mol. The van der Waals surface area contributed by atoms with Crippen molar-refractivity contribution in [2.75, 3.05) is 6.54 Å². The van der Waals surface area contributed by atoms with Crippen molar-refractivity contribution >= 4 is 0 Å². The molecule has 3 N–H and O–H groups in total. The molecule has 1 unspecified atom stereocenters. The van der Waals surface area contributed by atoms with E-state index in [-0.39, 0.29) is 0 Å². The minimum absolute atomic E-state index is 0.416. The molecule has 78 valence electrons. The van der Waals surface area contributed by atoms with Crippen molar-refractivity contribution in [2.24, 2.45) is 5.73 Å². The van der Waals surface area contributed by atoms with Crippen LogP contribution < -0.4 is 5.73 Å². The maximum absolute atomic E-state index is 9.67. The first-order chi connectivity index (χ1) is 6.65. The van der Waals surface area contributed by atoms with Crippen LogP contribution >= 0.6 is 0 Å². The summed E-state index contributed by atoms with van der Waals surface area (Å²) in [7, 11) is 0. The van der Waals surface area contributed by atoms with E-state index in [2.05, 4.69) is 26.0 Å². The molecule has 0 heterocycles. The van der Waals surface area contributed by atoms with Crippen LogP contribution in [0.1, 0.15) is 43.4 Å². The summed E-state index contributed by atoms with van der Waals surface area (Å²) < 4.78 is 0. The van der Waals surface area contributed by atoms with E-state index in [1.165, 1.54) is 5.56 Å². The second kappa shape index (κ2) is 5.13. The molecule has 0 aliphatic heterocycles. The van der Waals surface area contributed by atoms with Gasteiger partial charge in [-0.3, -0.25) is 0 Å². The number of aliphatic hydroxyl groups is 1. The van der Waals surface area contributed by atoms with Crippen LogP contribution in [0.3, 0.4) is 0 Å². The van der Waals surface area contributed by atoms with Gasteiger partial charge in [0.1, 0.15) is 0 Å². The Morgan fingerprint density at radius 2 is 1.64 bits per heavy atom. The van der Waals surface area contributed by atoms with E-state index in [9.17, 15) is 5.11 Å². The molecular weight excluding hydrogens is 174 g/mol. The average Bonchev–Trinajstić information content (AvgIpc) is 2.18. The quantitative estimate of drug-likeness (QED) is 0.770. The van der Waals surface area contributed by atoms with E-state index in [1.54, 1.807) is 0 Å². The van der Waals surface area contributed by atoms with E-state index >= 15 is 0 Å². The lowest BCUT2D eigenvalue weighted by atomic mass is 9.99. The van der Waals surface area contributed by atoms with Gasteiger partial charge in [0.2, 0.25) is 0 Å². The number of aliphatic hydroxyl groups excluding tert-OH is 1. The Labute approximate surface area is 85.8 Å². The third-order valence-electron chi connectivity index (χ3n) is 2.43. The highest BCUT2D eigenvalue weighted by atomic mass is 16.3. The second-order valence-electron chi connectivity index (χ2n) is 3.91. The zero-order valence-corrected chi connectivity index (χ0v) is 8.90. The summed E-state index contributed by atoms with van der Waals surface area (Å²) in [5, 5.41) is 9.67. The zero-order chi connectivity index (χ0) is 10.6. The van der Waals surface area contributed by atoms with Gasteiger partial charge < -0.3 is 10.8 Å². The summed E-state index contributed by atoms with van der Waals surface area (Å²) in [5.74, 6) is 0.538. The molecule has 0 fully saturated rings. The Hall–Kier alpha value is -0.860. The van der Waals surface area contributed by atoms with E-state index in [1.807, 2.05) is 12.1 Å². The number of benzene rings is 1. The topological polar surface area (TPSA) is 46.2 Å². The lowest BCUT2D eigenvalue weighted by Crippen LogP contribution is -2.06. The van der Waals surface area contributed by atoms with Crippen molar-refractivity contribution in [3.05, 3.63) is 35.4 Å². The maximum Gasteiger partial charge on any atom is 0.0802 e. The molecule has 0 radical (unpaired) electrons. The molecule has 1 aromatic carbocycles. The van der Waals surface area contributed by atoms with Crippen molar-refractivity contribution < 1.29 is 5.11 Å². The molecule has 0 aliphatic rings. The fraction of sp³-hybridized carbons (Fsp3) is 0.500. The van der Waals surface area contributed by atoms with Gasteiger partial charge in [-0.25, -0.2) is 0 Å². The van der Waals surface area contributed by atoms with Gasteiger partial charge in [0.05, 0.1) is 6.10 Å². The molecule has 0 saturated heterocycles. The van der Waals surface area contributed by atoms with Crippen LogP contribution in [0.25, 0.3) is 0 Å². The molecule has 1 atom stereocenters. The summed E-state index contributed by atoms with van der Waals surface area (Å²) >= 11 is 0. The Bertz CT molecular complexity index is 266. The van der Waals surface area contributed by atoms with E-state index in [0.717, 1.165) is 5.56 Å². The molecule has 2 heteroatoms. The first-order valence-corrected chi connectivity index (χ1v) is 5.13. The van der Waals surface area contributed by atoms with Gasteiger partial charge in [-0.2, -0.15) is 0 Å². The van der Waals surface area contributed by atoms with E-state index in [4.69, 9.17) is 5.73 Å². The Morgan fingerprint density at radius 3 is 2.07 bits per heavy atom. The Balaban J connectivity index is 2.72. The fourth-order valence-electron chi connectivity index (χ4n) is 1.43. The van der Waals surface area contributed by atoms with Crippen molar-refractivity contribution in [3.8, 4) is 0 Å². The predicted octanol–water partition coefficient (Wildman–Crippen LogP) is 2.19. The van der Waals surface area contributed by atoms with Crippen molar-refractivity contribution in [3.63, 3.8) is 0 Å². The first-order valence-electron chi connectivity index (χ1n) is 5.13. The van der Waals surface area contributed by atoms with Gasteiger partial charge >= 0.3 is 0 Å². The van der Waals surface area contributed by atoms with Crippen LogP contribution in [0.15, 0.2) is 24.3 Å². The van der Waals surface area contributed by atoms with E-state index in [0.29, 0.717) is 18.9 Å². The van der Waals surface area contributed by atoms with Crippen molar-refractivity contribution in [1.29, 1.82) is 0 Å². The van der Waals surface area contributed by atoms with E-state index < -0.39 is 6.10 Å². The summed E-state index contributed by atoms with van der Waals surface area (Å²) in [6.45, 7) is 4.84. The highest BCUT2D eigenvalue weighted by Gasteiger charge is 2.06. The SMILES string of the molecule is CC(C)c1ccc(C(O)CCN)cc1. The molecule has 0 bridgehead atoms. The third-order valence-corrected chi connectivity index (χ3v) is 2.43. The smallest absolute Gasteiger partial charge is 0.0802 e. The highest BCUT2D eigenvalue weighted by molar-refractivity contribution is 5.26. The largest absolute Gasteiger partial charge is 0.388 e. The van der Waals surface area contributed by atoms with Crippen molar-refractivity contribution in [1.82, 2.24) is 0 Å². The second-order valence-corrected chi connectivity index (χ2v) is 3.91. The van der Waals surface area contributed by atoms with Crippen LogP contribution in [0.4, 0.5) is 0 Å². The molecule has 1 aromatic rings. The molecule has 2 nitrogen and oxygen atoms in total. The minimum Gasteiger partial charge on any atom is -0.388 e. The molecule has 14 heavy (non-hydrogen) atoms. The molecule has 0 aliphatic carbocycles. The molecule has 0 spiro atoms. The number of hydrogen-bond donors (Lipinski definition) is 2. The molecule has 0 saturated carbocycles. The summed E-state index contributed by atoms with van der Waals surface area (Å²) in [4.78, 5) is 0. The molecule has 0 aromatic heterocycles. The summed E-state index contributed by atoms with van der Waals surface area (Å²) in [6, 6.07) is 8.10. The standard InChI is InChI=1S/C12H19NO/c1-9(2)10-3-5-11(6-4-10)12(14)7-8-13/h3-6,9,12,14H,7-8,13H2,1-2H3. The fourth-order valence-corrected chi connectivity index (χ4v) is 1.43. The average molecular weight is 193 g/mol. The van der Waals surface area contributed by atoms with Crippen LogP contribution in [0.2, 0.25) is 0 Å². The number of hydrogen-bond acceptors (Lipinski definition) is 2. The van der Waals surface area contributed by atoms with Crippen LogP contribution in [-0.4, -0.2) is 11.7 Å². The van der Waals surface area contributed by atoms with Crippen LogP contribution in [0.5, 0.6) is 0 Å². The summed E-state index contributed by atoms with van der Waals surface area (Å²) in [5.41, 5.74) is 7.64. The van der Waals surface area contributed by atoms with Crippen LogP contribution in [0, 0.1) is 0 Å². The van der Waals surface area contributed by atoms with Gasteiger partial charge in [0.15, 0.2) is 0 Å². The Morgan fingerprint density at radius 1 is 1.14 bits per heavy atom. The van der Waals surface area contributed by atoms with Gasteiger partial charge in [-0.15, -0.1) is 0 Å². The van der Waals surface area contributed by atoms with Gasteiger partial charge in [-0.05, 0) is 30.0 Å². The maximum atomic E-state index is 9.67. The highest BCUT2D eigenvalue weighted by Crippen LogP contribution is 2.19. The number of nitrogens with two attached hydrogens (primary N) is 1.